The Morgan fingerprint density at radius 2 is 1.44 bits per heavy atom. The van der Waals surface area contributed by atoms with E-state index in [0.29, 0.717) is 13.0 Å². The summed E-state index contributed by atoms with van der Waals surface area (Å²) in [6.45, 7) is 17.4. The van der Waals surface area contributed by atoms with Crippen LogP contribution in [-0.2, 0) is 33.4 Å². The molecule has 0 spiro atoms. The number of nitrogens with zero attached hydrogens (tertiary/aromatic N) is 3. The van der Waals surface area contributed by atoms with Gasteiger partial charge in [-0.3, -0.25) is 24.0 Å². The minimum Gasteiger partial charge on any atom is -0.388 e. The predicted octanol–water partition coefficient (Wildman–Crippen LogP) is 5.97. The lowest BCUT2D eigenvalue weighted by Gasteiger charge is -2.41. The highest BCUT2D eigenvalue weighted by molar-refractivity contribution is 5.92. The van der Waals surface area contributed by atoms with Gasteiger partial charge in [0.1, 0.15) is 5.78 Å². The number of methoxy groups -OCH3 is 2. The van der Waals surface area contributed by atoms with E-state index < -0.39 is 42.2 Å². The van der Waals surface area contributed by atoms with E-state index in [4.69, 9.17) is 9.47 Å². The van der Waals surface area contributed by atoms with Crippen LogP contribution in [0.3, 0.4) is 0 Å². The molecule has 2 rings (SSSR count). The van der Waals surface area contributed by atoms with E-state index in [9.17, 15) is 29.1 Å². The first-order valence-electron chi connectivity index (χ1n) is 20.0. The molecule has 1 aromatic carbocycles. The minimum atomic E-state index is -0.774. The van der Waals surface area contributed by atoms with E-state index in [1.165, 1.54) is 11.8 Å². The molecular weight excluding hydrogens is 686 g/mol. The Morgan fingerprint density at radius 3 is 1.94 bits per heavy atom. The Bertz CT molecular complexity index is 1370. The molecule has 0 radical (unpaired) electrons. The average molecular weight is 758 g/mol. The van der Waals surface area contributed by atoms with Gasteiger partial charge in [-0.2, -0.15) is 0 Å². The topological polar surface area (TPSA) is 134 Å². The highest BCUT2D eigenvalue weighted by Gasteiger charge is 2.43. The van der Waals surface area contributed by atoms with Crippen molar-refractivity contribution < 1.29 is 38.6 Å². The second-order valence-electron chi connectivity index (χ2n) is 16.4. The van der Waals surface area contributed by atoms with Gasteiger partial charge in [-0.1, -0.05) is 92.1 Å². The van der Waals surface area contributed by atoms with Crippen molar-refractivity contribution >= 4 is 29.3 Å². The van der Waals surface area contributed by atoms with Gasteiger partial charge in [0.25, 0.3) is 0 Å². The molecule has 1 aliphatic heterocycles. The molecule has 1 saturated heterocycles. The van der Waals surface area contributed by atoms with Gasteiger partial charge in [0.05, 0.1) is 42.9 Å². The summed E-state index contributed by atoms with van der Waals surface area (Å²) in [6.07, 6.45) is 0.470. The van der Waals surface area contributed by atoms with Crippen LogP contribution in [0.25, 0.3) is 0 Å². The molecule has 306 valence electrons. The molecule has 1 unspecified atom stereocenters. The van der Waals surface area contributed by atoms with E-state index in [2.05, 4.69) is 0 Å². The second-order valence-corrected chi connectivity index (χ2v) is 16.4. The second kappa shape index (κ2) is 21.8. The molecule has 1 aromatic rings. The third kappa shape index (κ3) is 11.9. The summed E-state index contributed by atoms with van der Waals surface area (Å²) in [5.74, 6) is -2.42. The maximum atomic E-state index is 14.3. The molecule has 0 aliphatic carbocycles. The molecule has 0 aromatic heterocycles. The number of carbonyl (C=O) groups excluding carboxylic acids is 5. The number of ketones is 2. The number of benzene rings is 1. The van der Waals surface area contributed by atoms with Crippen molar-refractivity contribution in [2.75, 3.05) is 34.9 Å². The largest absolute Gasteiger partial charge is 0.388 e. The summed E-state index contributed by atoms with van der Waals surface area (Å²) in [7, 11) is 6.50. The maximum Gasteiger partial charge on any atom is 0.226 e. The number of hydrogen-bond acceptors (Lipinski definition) is 8. The lowest BCUT2D eigenvalue weighted by molar-refractivity contribution is -0.149. The normalized spacial score (nSPS) is 19.7. The summed E-state index contributed by atoms with van der Waals surface area (Å²) >= 11 is 0. The zero-order valence-corrected chi connectivity index (χ0v) is 35.4. The van der Waals surface area contributed by atoms with Crippen LogP contribution in [0.5, 0.6) is 0 Å². The van der Waals surface area contributed by atoms with Gasteiger partial charge in [0, 0.05) is 66.5 Å². The minimum absolute atomic E-state index is 0.000124. The zero-order chi connectivity index (χ0) is 41.0. The standard InChI is InChI=1S/C43H71N3O8/c1-14-28(6)40(45(11)43(52)33(26(2)3)24-36(49)39(27(4)5)44(10)31(9)47)37(53-12)25-38(50)46-22-18-21-34(46)42(54-13)30(8)35(48)23-29(7)41(51)32-19-16-15-17-20-32/h15-17,19-20,26-30,33-34,37,39-42,51H,14,18,21-25H2,1-13H3/t28-,29-,30-,33-,34-,37+,39-,40?,41+,42+/m0/s1. The highest BCUT2D eigenvalue weighted by Crippen LogP contribution is 2.33. The molecular formula is C43H71N3O8. The van der Waals surface area contributed by atoms with E-state index in [0.717, 1.165) is 18.4 Å². The number of aliphatic hydroxyl groups is 1. The Hall–Kier alpha value is -3.15. The van der Waals surface area contributed by atoms with Crippen molar-refractivity contribution in [2.24, 2.45) is 35.5 Å². The van der Waals surface area contributed by atoms with Crippen LogP contribution in [0.1, 0.15) is 113 Å². The van der Waals surface area contributed by atoms with Crippen molar-refractivity contribution in [3.63, 3.8) is 0 Å². The molecule has 54 heavy (non-hydrogen) atoms. The highest BCUT2D eigenvalue weighted by atomic mass is 16.5. The van der Waals surface area contributed by atoms with Crippen LogP contribution in [0.4, 0.5) is 0 Å². The number of aliphatic hydroxyl groups excluding tert-OH is 1. The summed E-state index contributed by atoms with van der Waals surface area (Å²) in [5.41, 5.74) is 0.766. The summed E-state index contributed by atoms with van der Waals surface area (Å²) in [6, 6.07) is 7.92. The molecule has 0 saturated carbocycles. The van der Waals surface area contributed by atoms with Gasteiger partial charge in [-0.05, 0) is 42.1 Å². The van der Waals surface area contributed by atoms with Crippen molar-refractivity contribution in [3.8, 4) is 0 Å². The number of Topliss-reactive ketones (excluding diaryl/α,β-unsaturated/α-hetero) is 2. The third-order valence-corrected chi connectivity index (χ3v) is 12.0. The summed E-state index contributed by atoms with van der Waals surface area (Å²) < 4.78 is 12.0. The fourth-order valence-electron chi connectivity index (χ4n) is 8.37. The monoisotopic (exact) mass is 758 g/mol. The lowest BCUT2D eigenvalue weighted by atomic mass is 9.83. The van der Waals surface area contributed by atoms with Crippen LogP contribution in [0.2, 0.25) is 0 Å². The van der Waals surface area contributed by atoms with Crippen LogP contribution < -0.4 is 0 Å². The molecule has 1 N–H and O–H groups in total. The van der Waals surface area contributed by atoms with Crippen LogP contribution in [0.15, 0.2) is 30.3 Å². The van der Waals surface area contributed by atoms with Crippen molar-refractivity contribution in [1.82, 2.24) is 14.7 Å². The van der Waals surface area contributed by atoms with Crippen LogP contribution in [-0.4, -0.2) is 114 Å². The van der Waals surface area contributed by atoms with Gasteiger partial charge in [0.2, 0.25) is 17.7 Å². The maximum absolute atomic E-state index is 14.3. The third-order valence-electron chi connectivity index (χ3n) is 12.0. The molecule has 10 atom stereocenters. The summed E-state index contributed by atoms with van der Waals surface area (Å²) in [5, 5.41) is 10.9. The molecule has 11 nitrogen and oxygen atoms in total. The van der Waals surface area contributed by atoms with Gasteiger partial charge in [-0.25, -0.2) is 0 Å². The Kier molecular flexibility index (Phi) is 19.0. The van der Waals surface area contributed by atoms with Gasteiger partial charge < -0.3 is 29.3 Å². The van der Waals surface area contributed by atoms with Crippen molar-refractivity contribution in [1.29, 1.82) is 0 Å². The Labute approximate surface area is 325 Å². The van der Waals surface area contributed by atoms with Gasteiger partial charge in [-0.15, -0.1) is 0 Å². The van der Waals surface area contributed by atoms with Crippen molar-refractivity contribution in [3.05, 3.63) is 35.9 Å². The SMILES string of the molecule is CC[C@H](C)C([C@@H](CC(=O)N1CCC[C@H]1[C@H](OC)[C@@H](C)C(=O)C[C@H](C)[C@@H](O)c1ccccc1)OC)N(C)C(=O)[C@@H](CC(=O)[C@H](C(C)C)N(C)C(C)=O)C(C)C. The predicted molar refractivity (Wildman–Crippen MR) is 211 cm³/mol. The molecule has 1 heterocycles. The Morgan fingerprint density at radius 1 is 0.833 bits per heavy atom. The average Bonchev–Trinajstić information content (AvgIpc) is 3.62. The van der Waals surface area contributed by atoms with E-state index >= 15 is 0 Å². The quantitative estimate of drug-likeness (QED) is 0.153. The first-order chi connectivity index (χ1) is 25.3. The fourth-order valence-corrected chi connectivity index (χ4v) is 8.37. The smallest absolute Gasteiger partial charge is 0.226 e. The lowest BCUT2D eigenvalue weighted by Crippen LogP contribution is -2.54. The van der Waals surface area contributed by atoms with E-state index in [1.54, 1.807) is 33.2 Å². The van der Waals surface area contributed by atoms with E-state index in [1.807, 2.05) is 90.6 Å². The molecule has 1 fully saturated rings. The number of carbonyl (C=O) groups is 5. The molecule has 3 amide bonds. The zero-order valence-electron chi connectivity index (χ0n) is 35.4. The summed E-state index contributed by atoms with van der Waals surface area (Å²) in [4.78, 5) is 73.0. The molecule has 0 bridgehead atoms. The number of amides is 3. The van der Waals surface area contributed by atoms with Crippen molar-refractivity contribution in [2.45, 2.75) is 137 Å². The van der Waals surface area contributed by atoms with Gasteiger partial charge in [0.15, 0.2) is 5.78 Å². The first-order valence-corrected chi connectivity index (χ1v) is 20.0. The molecule has 1 aliphatic rings. The number of rotatable bonds is 22. The first kappa shape index (κ1) is 47.0. The van der Waals surface area contributed by atoms with E-state index in [-0.39, 0.29) is 78.3 Å². The van der Waals surface area contributed by atoms with Crippen LogP contribution in [0, 0.1) is 35.5 Å². The number of hydrogen-bond donors (Lipinski definition) is 1. The fraction of sp³-hybridized carbons (Fsp3) is 0.744. The number of likely N-dealkylation sites (N-methyl/N-ethyl adjacent to an activating group) is 2. The van der Waals surface area contributed by atoms with Crippen LogP contribution >= 0.6 is 0 Å². The number of likely N-dealkylation sites (tertiary alicyclic amines) is 1. The van der Waals surface area contributed by atoms with Gasteiger partial charge >= 0.3 is 0 Å². The number of ether oxygens (including phenoxy) is 2. The Balaban J connectivity index is 2.27. The molecule has 11 heteroatoms.